The topological polar surface area (TPSA) is 49.9 Å². The lowest BCUT2D eigenvalue weighted by Crippen LogP contribution is -2.40. The van der Waals surface area contributed by atoms with Gasteiger partial charge in [0.2, 0.25) is 5.91 Å². The molecule has 82 valence electrons. The van der Waals surface area contributed by atoms with Crippen LogP contribution in [0.2, 0.25) is 0 Å². The Hall–Kier alpha value is -1.26. The van der Waals surface area contributed by atoms with E-state index in [1.165, 1.54) is 16.9 Å². The Morgan fingerprint density at radius 3 is 2.21 bits per heavy atom. The van der Waals surface area contributed by atoms with E-state index in [4.69, 9.17) is 0 Å². The first-order valence-electron chi connectivity index (χ1n) is 4.56. The highest BCUT2D eigenvalue weighted by molar-refractivity contribution is 5.81. The van der Waals surface area contributed by atoms with Crippen LogP contribution >= 0.6 is 0 Å². The number of rotatable bonds is 4. The number of carbonyl (C=O) groups is 2. The summed E-state index contributed by atoms with van der Waals surface area (Å²) in [5.41, 5.74) is 0. The third kappa shape index (κ3) is 4.11. The van der Waals surface area contributed by atoms with Crippen LogP contribution in [0.15, 0.2) is 0 Å². The molecule has 0 bridgehead atoms. The summed E-state index contributed by atoms with van der Waals surface area (Å²) in [6.45, 7) is 2.55. The van der Waals surface area contributed by atoms with Crippen LogP contribution in [-0.4, -0.2) is 56.1 Å². The summed E-state index contributed by atoms with van der Waals surface area (Å²) in [7, 11) is 4.62. The lowest BCUT2D eigenvalue weighted by atomic mass is 10.4. The van der Waals surface area contributed by atoms with Gasteiger partial charge in [0.1, 0.15) is 6.54 Å². The van der Waals surface area contributed by atoms with E-state index in [9.17, 15) is 9.59 Å². The summed E-state index contributed by atoms with van der Waals surface area (Å²) in [5.74, 6) is -0.108. The predicted molar refractivity (Wildman–Crippen MR) is 53.0 cm³/mol. The number of likely N-dealkylation sites (N-methyl/N-ethyl adjacent to an activating group) is 1. The number of carbonyl (C=O) groups excluding carboxylic acids is 2. The van der Waals surface area contributed by atoms with Crippen molar-refractivity contribution in [3.05, 3.63) is 0 Å². The second kappa shape index (κ2) is 6.23. The van der Waals surface area contributed by atoms with Crippen LogP contribution < -0.4 is 0 Å². The molecule has 5 heteroatoms. The molecule has 5 nitrogen and oxygen atoms in total. The van der Waals surface area contributed by atoms with Gasteiger partial charge in [0.15, 0.2) is 0 Å². The average Bonchev–Trinajstić information content (AvgIpc) is 2.15. The van der Waals surface area contributed by atoms with Crippen molar-refractivity contribution in [1.82, 2.24) is 9.80 Å². The monoisotopic (exact) mass is 202 g/mol. The lowest BCUT2D eigenvalue weighted by molar-refractivity contribution is -0.129. The van der Waals surface area contributed by atoms with E-state index in [0.29, 0.717) is 6.54 Å². The van der Waals surface area contributed by atoms with Crippen LogP contribution in [-0.2, 0) is 9.53 Å². The van der Waals surface area contributed by atoms with Gasteiger partial charge < -0.3 is 9.64 Å². The molecule has 2 amide bonds. The molecule has 0 heterocycles. The number of methoxy groups -OCH3 is 1. The van der Waals surface area contributed by atoms with Gasteiger partial charge in [-0.25, -0.2) is 4.79 Å². The Labute approximate surface area is 84.6 Å². The molecule has 0 radical (unpaired) electrons. The summed E-state index contributed by atoms with van der Waals surface area (Å²) in [5, 5.41) is 0. The summed E-state index contributed by atoms with van der Waals surface area (Å²) >= 11 is 0. The molecule has 0 aliphatic heterocycles. The number of hydrogen-bond donors (Lipinski definition) is 0. The third-order valence-electron chi connectivity index (χ3n) is 1.75. The Bertz CT molecular complexity index is 202. The van der Waals surface area contributed by atoms with E-state index in [1.807, 2.05) is 6.92 Å². The maximum atomic E-state index is 11.3. The fourth-order valence-electron chi connectivity index (χ4n) is 0.939. The fraction of sp³-hybridized carbons (Fsp3) is 0.778. The van der Waals surface area contributed by atoms with Crippen molar-refractivity contribution in [3.63, 3.8) is 0 Å². The molecule has 0 rings (SSSR count). The zero-order valence-electron chi connectivity index (χ0n) is 9.24. The second-order valence-electron chi connectivity index (χ2n) is 3.18. The summed E-state index contributed by atoms with van der Waals surface area (Å²) in [6.07, 6.45) is 0.345. The van der Waals surface area contributed by atoms with Crippen LogP contribution in [0.4, 0.5) is 4.79 Å². The Kier molecular flexibility index (Phi) is 5.67. The number of amides is 2. The van der Waals surface area contributed by atoms with Crippen molar-refractivity contribution in [1.29, 1.82) is 0 Å². The van der Waals surface area contributed by atoms with E-state index in [0.717, 1.165) is 6.42 Å². The van der Waals surface area contributed by atoms with Gasteiger partial charge in [-0.3, -0.25) is 9.69 Å². The van der Waals surface area contributed by atoms with E-state index in [2.05, 4.69) is 4.74 Å². The Morgan fingerprint density at radius 2 is 1.86 bits per heavy atom. The zero-order valence-corrected chi connectivity index (χ0v) is 9.24. The summed E-state index contributed by atoms with van der Waals surface area (Å²) in [6, 6.07) is 0. The van der Waals surface area contributed by atoms with Gasteiger partial charge in [-0.1, -0.05) is 6.92 Å². The van der Waals surface area contributed by atoms with Crippen molar-refractivity contribution < 1.29 is 14.3 Å². The highest BCUT2D eigenvalue weighted by atomic mass is 16.5. The highest BCUT2D eigenvalue weighted by Crippen LogP contribution is 1.96. The largest absolute Gasteiger partial charge is 0.453 e. The lowest BCUT2D eigenvalue weighted by Gasteiger charge is -2.21. The smallest absolute Gasteiger partial charge is 0.409 e. The van der Waals surface area contributed by atoms with Gasteiger partial charge in [0, 0.05) is 20.6 Å². The van der Waals surface area contributed by atoms with Crippen molar-refractivity contribution in [2.24, 2.45) is 0 Å². The fourth-order valence-corrected chi connectivity index (χ4v) is 0.939. The van der Waals surface area contributed by atoms with Crippen molar-refractivity contribution in [3.8, 4) is 0 Å². The molecular formula is C9H18N2O3. The van der Waals surface area contributed by atoms with E-state index in [1.54, 1.807) is 14.1 Å². The first kappa shape index (κ1) is 12.7. The standard InChI is InChI=1S/C9H18N2O3/c1-5-6-11(9(13)14-4)7-8(12)10(2)3/h5-7H2,1-4H3. The molecule has 0 fully saturated rings. The average molecular weight is 202 g/mol. The second-order valence-corrected chi connectivity index (χ2v) is 3.18. The maximum Gasteiger partial charge on any atom is 0.409 e. The molecule has 0 saturated carbocycles. The van der Waals surface area contributed by atoms with Crippen LogP contribution in [0.25, 0.3) is 0 Å². The molecule has 0 unspecified atom stereocenters. The molecule has 0 saturated heterocycles. The van der Waals surface area contributed by atoms with Crippen molar-refractivity contribution in [2.45, 2.75) is 13.3 Å². The SMILES string of the molecule is CCCN(CC(=O)N(C)C)C(=O)OC. The first-order chi connectivity index (χ1) is 6.52. The summed E-state index contributed by atoms with van der Waals surface area (Å²) < 4.78 is 4.56. The minimum atomic E-state index is -0.456. The normalized spacial score (nSPS) is 9.43. The molecule has 0 aromatic heterocycles. The predicted octanol–water partition coefficient (Wildman–Crippen LogP) is 0.553. The third-order valence-corrected chi connectivity index (χ3v) is 1.75. The van der Waals surface area contributed by atoms with Crippen molar-refractivity contribution >= 4 is 12.0 Å². The minimum Gasteiger partial charge on any atom is -0.453 e. The minimum absolute atomic E-state index is 0.0769. The Balaban J connectivity index is 4.22. The molecule has 0 aromatic carbocycles. The maximum absolute atomic E-state index is 11.3. The van der Waals surface area contributed by atoms with Crippen LogP contribution in [0, 0.1) is 0 Å². The van der Waals surface area contributed by atoms with Crippen molar-refractivity contribution in [2.75, 3.05) is 34.3 Å². The molecule has 0 atom stereocenters. The number of ether oxygens (including phenoxy) is 1. The molecule has 14 heavy (non-hydrogen) atoms. The van der Waals surface area contributed by atoms with E-state index >= 15 is 0 Å². The molecule has 0 N–H and O–H groups in total. The van der Waals surface area contributed by atoms with Crippen LogP contribution in [0.5, 0.6) is 0 Å². The summed E-state index contributed by atoms with van der Waals surface area (Å²) in [4.78, 5) is 25.4. The van der Waals surface area contributed by atoms with Gasteiger partial charge in [-0.05, 0) is 6.42 Å². The number of nitrogens with zero attached hydrogens (tertiary/aromatic N) is 2. The van der Waals surface area contributed by atoms with Gasteiger partial charge in [0.05, 0.1) is 7.11 Å². The molecule has 0 aromatic rings. The highest BCUT2D eigenvalue weighted by Gasteiger charge is 2.17. The molecule has 0 spiro atoms. The number of hydrogen-bond acceptors (Lipinski definition) is 3. The Morgan fingerprint density at radius 1 is 1.29 bits per heavy atom. The molecule has 0 aliphatic rings. The van der Waals surface area contributed by atoms with E-state index < -0.39 is 6.09 Å². The van der Waals surface area contributed by atoms with Crippen LogP contribution in [0.3, 0.4) is 0 Å². The van der Waals surface area contributed by atoms with Gasteiger partial charge in [0.25, 0.3) is 0 Å². The van der Waals surface area contributed by atoms with Crippen LogP contribution in [0.1, 0.15) is 13.3 Å². The van der Waals surface area contributed by atoms with E-state index in [-0.39, 0.29) is 12.5 Å². The van der Waals surface area contributed by atoms with Gasteiger partial charge in [-0.2, -0.15) is 0 Å². The van der Waals surface area contributed by atoms with Gasteiger partial charge >= 0.3 is 6.09 Å². The first-order valence-corrected chi connectivity index (χ1v) is 4.56. The molecular weight excluding hydrogens is 184 g/mol. The quantitative estimate of drug-likeness (QED) is 0.669. The zero-order chi connectivity index (χ0) is 11.1. The molecule has 0 aliphatic carbocycles. The van der Waals surface area contributed by atoms with Gasteiger partial charge in [-0.15, -0.1) is 0 Å².